The lowest BCUT2D eigenvalue weighted by molar-refractivity contribution is -0.145. The lowest BCUT2D eigenvalue weighted by Gasteiger charge is -2.45. The molecule has 6 nitrogen and oxygen atoms in total. The van der Waals surface area contributed by atoms with Crippen molar-refractivity contribution >= 4 is 23.4 Å². The molecular weight excluding hydrogens is 494 g/mol. The molecule has 0 spiro atoms. The van der Waals surface area contributed by atoms with E-state index in [4.69, 9.17) is 4.74 Å². The highest BCUT2D eigenvalue weighted by Crippen LogP contribution is 2.44. The maximum Gasteiger partial charge on any atom is 0.416 e. The Morgan fingerprint density at radius 2 is 1.47 bits per heavy atom. The highest BCUT2D eigenvalue weighted by molar-refractivity contribution is 5.95. The van der Waals surface area contributed by atoms with E-state index in [2.05, 4.69) is 0 Å². The summed E-state index contributed by atoms with van der Waals surface area (Å²) in [6.45, 7) is 4.96. The van der Waals surface area contributed by atoms with E-state index >= 15 is 0 Å². The van der Waals surface area contributed by atoms with Gasteiger partial charge in [0.1, 0.15) is 0 Å². The van der Waals surface area contributed by atoms with Gasteiger partial charge in [0.25, 0.3) is 0 Å². The number of carbonyl (C=O) groups excluding carboxylic acids is 1. The number of carbonyl (C=O) groups is 2. The number of amides is 1. The Bertz CT molecular complexity index is 1150. The van der Waals surface area contributed by atoms with Gasteiger partial charge in [-0.15, -0.1) is 0 Å². The Morgan fingerprint density at radius 3 is 1.89 bits per heavy atom. The predicted molar refractivity (Wildman–Crippen MR) is 119 cm³/mol. The Morgan fingerprint density at radius 1 is 0.972 bits per heavy atom. The van der Waals surface area contributed by atoms with Crippen molar-refractivity contribution in [3.8, 4) is 0 Å². The first-order valence-corrected chi connectivity index (χ1v) is 10.9. The minimum atomic E-state index is -5.11. The highest BCUT2D eigenvalue weighted by atomic mass is 19.4. The maximum atomic E-state index is 13.5. The van der Waals surface area contributed by atoms with Crippen LogP contribution in [0.3, 0.4) is 0 Å². The van der Waals surface area contributed by atoms with E-state index in [1.54, 1.807) is 32.9 Å². The fraction of sp³-hybridized carbons (Fsp3) is 0.417. The summed E-state index contributed by atoms with van der Waals surface area (Å²) in [5.74, 6) is -1.09. The SMILES string of the molecule is CC[C@@H]1CN(C(C(=O)OC)c2cc(C(F)(F)F)cc(C(F)(F)F)c2)c2cc(C)c(C)cc2N1C(=O)O. The average Bonchev–Trinajstić information content (AvgIpc) is 2.78. The smallest absolute Gasteiger partial charge is 0.416 e. The van der Waals surface area contributed by atoms with Crippen LogP contribution in [0.4, 0.5) is 42.5 Å². The maximum absolute atomic E-state index is 13.5. The number of anilines is 2. The molecule has 2 aromatic carbocycles. The lowest BCUT2D eigenvalue weighted by Crippen LogP contribution is -2.53. The lowest BCUT2D eigenvalue weighted by atomic mass is 9.94. The molecule has 0 saturated carbocycles. The number of carboxylic acid groups (broad SMARTS) is 1. The summed E-state index contributed by atoms with van der Waals surface area (Å²) >= 11 is 0. The second-order valence-corrected chi connectivity index (χ2v) is 8.56. The van der Waals surface area contributed by atoms with Crippen LogP contribution in [0.2, 0.25) is 0 Å². The van der Waals surface area contributed by atoms with Crippen molar-refractivity contribution in [1.29, 1.82) is 0 Å². The van der Waals surface area contributed by atoms with E-state index in [9.17, 15) is 41.0 Å². The van der Waals surface area contributed by atoms with Gasteiger partial charge in [0.05, 0.1) is 35.7 Å². The number of halogens is 6. The largest absolute Gasteiger partial charge is 0.467 e. The molecule has 3 rings (SSSR count). The fourth-order valence-corrected chi connectivity index (χ4v) is 4.32. The molecule has 1 unspecified atom stereocenters. The molecule has 1 N–H and O–H groups in total. The normalized spacial score (nSPS) is 17.0. The average molecular weight is 518 g/mol. The molecule has 0 aromatic heterocycles. The first kappa shape index (κ1) is 27.2. The van der Waals surface area contributed by atoms with Crippen LogP contribution < -0.4 is 9.80 Å². The minimum Gasteiger partial charge on any atom is -0.467 e. The van der Waals surface area contributed by atoms with Gasteiger partial charge in [-0.25, -0.2) is 9.59 Å². The van der Waals surface area contributed by atoms with E-state index in [1.807, 2.05) is 0 Å². The molecule has 0 radical (unpaired) electrons. The zero-order valence-electron chi connectivity index (χ0n) is 19.8. The molecule has 0 saturated heterocycles. The van der Waals surface area contributed by atoms with Gasteiger partial charge in [0.2, 0.25) is 0 Å². The quantitative estimate of drug-likeness (QED) is 0.378. The van der Waals surface area contributed by atoms with Crippen molar-refractivity contribution in [3.05, 3.63) is 58.1 Å². The van der Waals surface area contributed by atoms with E-state index in [0.29, 0.717) is 23.3 Å². The van der Waals surface area contributed by atoms with Gasteiger partial charge in [-0.1, -0.05) is 6.92 Å². The molecule has 1 heterocycles. The summed E-state index contributed by atoms with van der Waals surface area (Å²) in [5, 5.41) is 9.86. The first-order chi connectivity index (χ1) is 16.6. The van der Waals surface area contributed by atoms with Gasteiger partial charge in [-0.05, 0) is 67.3 Å². The fourth-order valence-electron chi connectivity index (χ4n) is 4.32. The van der Waals surface area contributed by atoms with Crippen molar-refractivity contribution in [2.24, 2.45) is 0 Å². The van der Waals surface area contributed by atoms with Gasteiger partial charge >= 0.3 is 24.4 Å². The third kappa shape index (κ3) is 5.07. The van der Waals surface area contributed by atoms with Crippen LogP contribution in [0.15, 0.2) is 30.3 Å². The second-order valence-electron chi connectivity index (χ2n) is 8.56. The molecule has 0 fully saturated rings. The van der Waals surface area contributed by atoms with Crippen LogP contribution in [0.25, 0.3) is 0 Å². The Hall–Kier alpha value is -3.44. The number of fused-ring (bicyclic) bond motifs is 1. The molecule has 0 bridgehead atoms. The zero-order chi connectivity index (χ0) is 27.2. The van der Waals surface area contributed by atoms with Gasteiger partial charge in [0.15, 0.2) is 6.04 Å². The second kappa shape index (κ2) is 9.55. The minimum absolute atomic E-state index is 0.0174. The number of hydrogen-bond donors (Lipinski definition) is 1. The van der Waals surface area contributed by atoms with Gasteiger partial charge in [0, 0.05) is 6.54 Å². The highest BCUT2D eigenvalue weighted by Gasteiger charge is 2.43. The van der Waals surface area contributed by atoms with Crippen LogP contribution in [-0.4, -0.2) is 36.9 Å². The van der Waals surface area contributed by atoms with E-state index in [1.165, 1.54) is 4.90 Å². The summed E-state index contributed by atoms with van der Waals surface area (Å²) in [4.78, 5) is 27.5. The van der Waals surface area contributed by atoms with Crippen molar-refractivity contribution in [1.82, 2.24) is 0 Å². The van der Waals surface area contributed by atoms with Gasteiger partial charge < -0.3 is 14.7 Å². The third-order valence-electron chi connectivity index (χ3n) is 6.27. The van der Waals surface area contributed by atoms with Crippen LogP contribution in [-0.2, 0) is 21.9 Å². The monoisotopic (exact) mass is 518 g/mol. The summed E-state index contributed by atoms with van der Waals surface area (Å²) < 4.78 is 86.1. The van der Waals surface area contributed by atoms with Crippen LogP contribution in [0.1, 0.15) is 47.2 Å². The molecule has 196 valence electrons. The molecule has 2 atom stereocenters. The predicted octanol–water partition coefficient (Wildman–Crippen LogP) is 6.34. The number of ether oxygens (including phenoxy) is 1. The van der Waals surface area contributed by atoms with E-state index in [-0.39, 0.29) is 30.4 Å². The number of methoxy groups -OCH3 is 1. The molecule has 0 aliphatic carbocycles. The first-order valence-electron chi connectivity index (χ1n) is 10.9. The molecule has 1 aliphatic rings. The number of rotatable bonds is 4. The Kier molecular flexibility index (Phi) is 7.20. The number of alkyl halides is 6. The zero-order valence-corrected chi connectivity index (χ0v) is 19.8. The van der Waals surface area contributed by atoms with Crippen LogP contribution >= 0.6 is 0 Å². The number of aryl methyl sites for hydroxylation is 2. The summed E-state index contributed by atoms with van der Waals surface area (Å²) in [5.41, 5.74) is -1.98. The van der Waals surface area contributed by atoms with Gasteiger partial charge in [-0.2, -0.15) is 26.3 Å². The number of benzene rings is 2. The molecule has 1 amide bonds. The van der Waals surface area contributed by atoms with Crippen LogP contribution in [0.5, 0.6) is 0 Å². The number of nitrogens with zero attached hydrogens (tertiary/aromatic N) is 2. The molecule has 1 aliphatic heterocycles. The Balaban J connectivity index is 2.33. The number of esters is 1. The Labute approximate surface area is 203 Å². The van der Waals surface area contributed by atoms with Crippen molar-refractivity contribution in [2.75, 3.05) is 23.5 Å². The third-order valence-corrected chi connectivity index (χ3v) is 6.27. The van der Waals surface area contributed by atoms with Crippen molar-refractivity contribution in [2.45, 2.75) is 51.6 Å². The molecular formula is C24H24F6N2O4. The summed E-state index contributed by atoms with van der Waals surface area (Å²) in [6.07, 6.45) is -11.2. The van der Waals surface area contributed by atoms with E-state index in [0.717, 1.165) is 12.0 Å². The molecule has 12 heteroatoms. The van der Waals surface area contributed by atoms with Crippen molar-refractivity contribution in [3.63, 3.8) is 0 Å². The summed E-state index contributed by atoms with van der Waals surface area (Å²) in [6, 6.07) is 1.64. The molecule has 36 heavy (non-hydrogen) atoms. The van der Waals surface area contributed by atoms with E-state index < -0.39 is 53.2 Å². The number of hydrogen-bond acceptors (Lipinski definition) is 4. The topological polar surface area (TPSA) is 70.1 Å². The van der Waals surface area contributed by atoms with Crippen molar-refractivity contribution < 1.29 is 45.8 Å². The standard InChI is InChI=1S/C24H24F6N2O4/c1-5-17-11-31(18-6-12(2)13(3)7-19(18)32(17)22(34)35)20(21(33)36-4)14-8-15(23(25,26)27)10-16(9-14)24(28,29)30/h6-10,17,20H,5,11H2,1-4H3,(H,34,35)/t17-,20?/m1/s1. The van der Waals surface area contributed by atoms with Crippen LogP contribution in [0, 0.1) is 13.8 Å². The summed E-state index contributed by atoms with van der Waals surface area (Å²) in [7, 11) is 0.972. The van der Waals surface area contributed by atoms with Gasteiger partial charge in [-0.3, -0.25) is 4.90 Å². The molecule has 2 aromatic rings.